The number of nitrogens with zero attached hydrogens (tertiary/aromatic N) is 2. The molecule has 0 spiro atoms. The first-order valence-electron chi connectivity index (χ1n) is 7.03. The van der Waals surface area contributed by atoms with Crippen molar-refractivity contribution in [2.45, 2.75) is 40.3 Å². The van der Waals surface area contributed by atoms with Gasteiger partial charge in [0, 0.05) is 18.8 Å². The molecule has 108 valence electrons. The van der Waals surface area contributed by atoms with E-state index in [4.69, 9.17) is 0 Å². The normalized spacial score (nSPS) is 11.0. The van der Waals surface area contributed by atoms with Crippen LogP contribution in [-0.4, -0.2) is 16.3 Å². The number of halogens is 1. The van der Waals surface area contributed by atoms with Gasteiger partial charge in [-0.05, 0) is 57.0 Å². The van der Waals surface area contributed by atoms with Crippen LogP contribution in [0.25, 0.3) is 0 Å². The number of rotatable bonds is 6. The van der Waals surface area contributed by atoms with E-state index >= 15 is 0 Å². The summed E-state index contributed by atoms with van der Waals surface area (Å²) in [5, 5.41) is 7.82. The number of benzene rings is 1. The van der Waals surface area contributed by atoms with Crippen LogP contribution in [-0.2, 0) is 13.1 Å². The summed E-state index contributed by atoms with van der Waals surface area (Å²) in [6.07, 6.45) is 1.03. The van der Waals surface area contributed by atoms with E-state index in [2.05, 4.69) is 23.4 Å². The second-order valence-electron chi connectivity index (χ2n) is 5.26. The van der Waals surface area contributed by atoms with Gasteiger partial charge in [-0.3, -0.25) is 4.68 Å². The molecule has 0 amide bonds. The zero-order chi connectivity index (χ0) is 14.5. The minimum atomic E-state index is -0.140. The highest BCUT2D eigenvalue weighted by Gasteiger charge is 2.01. The van der Waals surface area contributed by atoms with Crippen molar-refractivity contribution in [1.29, 1.82) is 0 Å². The summed E-state index contributed by atoms with van der Waals surface area (Å²) in [5.41, 5.74) is 4.09. The Morgan fingerprint density at radius 3 is 2.65 bits per heavy atom. The Bertz CT molecular complexity index is 575. The summed E-state index contributed by atoms with van der Waals surface area (Å²) in [7, 11) is 0. The first-order valence-corrected chi connectivity index (χ1v) is 7.03. The molecule has 0 saturated carbocycles. The fourth-order valence-electron chi connectivity index (χ4n) is 2.30. The van der Waals surface area contributed by atoms with Gasteiger partial charge in [-0.2, -0.15) is 5.10 Å². The molecule has 0 bridgehead atoms. The van der Waals surface area contributed by atoms with E-state index in [0.717, 1.165) is 37.3 Å². The van der Waals surface area contributed by atoms with E-state index in [1.54, 1.807) is 6.92 Å². The largest absolute Gasteiger partial charge is 0.313 e. The average molecular weight is 275 g/mol. The molecule has 3 nitrogen and oxygen atoms in total. The minimum Gasteiger partial charge on any atom is -0.313 e. The summed E-state index contributed by atoms with van der Waals surface area (Å²) in [6, 6.07) is 7.34. The second kappa shape index (κ2) is 6.66. The van der Waals surface area contributed by atoms with Crippen LogP contribution in [0.3, 0.4) is 0 Å². The van der Waals surface area contributed by atoms with Gasteiger partial charge in [0.15, 0.2) is 0 Å². The Morgan fingerprint density at radius 1 is 1.20 bits per heavy atom. The molecular formula is C16H22FN3. The van der Waals surface area contributed by atoms with E-state index in [0.29, 0.717) is 5.56 Å². The van der Waals surface area contributed by atoms with Gasteiger partial charge in [0.1, 0.15) is 5.82 Å². The molecule has 1 aromatic heterocycles. The van der Waals surface area contributed by atoms with Crippen molar-refractivity contribution in [2.24, 2.45) is 0 Å². The topological polar surface area (TPSA) is 29.9 Å². The van der Waals surface area contributed by atoms with Gasteiger partial charge in [-0.25, -0.2) is 4.39 Å². The maximum atomic E-state index is 13.1. The quantitative estimate of drug-likeness (QED) is 0.821. The molecule has 0 fully saturated rings. The monoisotopic (exact) mass is 275 g/mol. The molecular weight excluding hydrogens is 253 g/mol. The van der Waals surface area contributed by atoms with Gasteiger partial charge in [0.05, 0.1) is 5.69 Å². The third-order valence-corrected chi connectivity index (χ3v) is 3.38. The molecule has 1 N–H and O–H groups in total. The van der Waals surface area contributed by atoms with Crippen LogP contribution in [0.1, 0.15) is 28.9 Å². The van der Waals surface area contributed by atoms with E-state index in [1.165, 1.54) is 11.8 Å². The molecule has 4 heteroatoms. The maximum absolute atomic E-state index is 13.1. The number of hydrogen-bond acceptors (Lipinski definition) is 2. The van der Waals surface area contributed by atoms with Gasteiger partial charge in [-0.1, -0.05) is 12.1 Å². The lowest BCUT2D eigenvalue weighted by molar-refractivity contribution is 0.531. The van der Waals surface area contributed by atoms with E-state index in [-0.39, 0.29) is 5.82 Å². The molecule has 1 aromatic carbocycles. The number of hydrogen-bond donors (Lipinski definition) is 1. The highest BCUT2D eigenvalue weighted by molar-refractivity contribution is 5.23. The molecule has 0 aliphatic carbocycles. The Labute approximate surface area is 119 Å². The fourth-order valence-corrected chi connectivity index (χ4v) is 2.30. The third-order valence-electron chi connectivity index (χ3n) is 3.38. The summed E-state index contributed by atoms with van der Waals surface area (Å²) >= 11 is 0. The number of aromatic nitrogens is 2. The lowest BCUT2D eigenvalue weighted by Gasteiger charge is -2.07. The van der Waals surface area contributed by atoms with E-state index < -0.39 is 0 Å². The second-order valence-corrected chi connectivity index (χ2v) is 5.26. The van der Waals surface area contributed by atoms with Crippen molar-refractivity contribution >= 4 is 0 Å². The van der Waals surface area contributed by atoms with Crippen molar-refractivity contribution in [3.8, 4) is 0 Å². The van der Waals surface area contributed by atoms with Crippen molar-refractivity contribution in [2.75, 3.05) is 6.54 Å². The molecule has 0 unspecified atom stereocenters. The van der Waals surface area contributed by atoms with Crippen LogP contribution < -0.4 is 5.32 Å². The summed E-state index contributed by atoms with van der Waals surface area (Å²) in [6.45, 7) is 8.51. The van der Waals surface area contributed by atoms with E-state index in [1.807, 2.05) is 23.7 Å². The van der Waals surface area contributed by atoms with Gasteiger partial charge in [0.2, 0.25) is 0 Å². The zero-order valence-electron chi connectivity index (χ0n) is 12.4. The van der Waals surface area contributed by atoms with Crippen molar-refractivity contribution in [3.05, 3.63) is 52.6 Å². The van der Waals surface area contributed by atoms with Crippen molar-refractivity contribution < 1.29 is 4.39 Å². The van der Waals surface area contributed by atoms with Gasteiger partial charge >= 0.3 is 0 Å². The van der Waals surface area contributed by atoms with Crippen LogP contribution in [0.15, 0.2) is 24.3 Å². The van der Waals surface area contributed by atoms with Crippen LogP contribution in [0, 0.1) is 26.6 Å². The van der Waals surface area contributed by atoms with Crippen LogP contribution in [0.4, 0.5) is 4.39 Å². The summed E-state index contributed by atoms with van der Waals surface area (Å²) in [4.78, 5) is 0. The Morgan fingerprint density at radius 2 is 2.00 bits per heavy atom. The van der Waals surface area contributed by atoms with Gasteiger partial charge < -0.3 is 5.32 Å². The third kappa shape index (κ3) is 3.90. The van der Waals surface area contributed by atoms with Crippen molar-refractivity contribution in [3.63, 3.8) is 0 Å². The summed E-state index contributed by atoms with van der Waals surface area (Å²) in [5.74, 6) is -0.140. The molecule has 0 radical (unpaired) electrons. The number of aryl methyl sites for hydroxylation is 4. The molecule has 0 aliphatic rings. The zero-order valence-corrected chi connectivity index (χ0v) is 12.4. The Balaban J connectivity index is 1.71. The lowest BCUT2D eigenvalue weighted by Crippen LogP contribution is -2.17. The first-order chi connectivity index (χ1) is 9.56. The molecule has 2 aromatic rings. The molecule has 0 atom stereocenters. The standard InChI is InChI=1S/C16H22FN3/c1-12-9-15(5-6-16(12)17)11-18-7-4-8-20-14(3)10-13(2)19-20/h5-6,9-10,18H,4,7-8,11H2,1-3H3. The SMILES string of the molecule is Cc1cc(C)n(CCCNCc2ccc(F)c(C)c2)n1. The molecule has 2 rings (SSSR count). The maximum Gasteiger partial charge on any atom is 0.126 e. The van der Waals surface area contributed by atoms with Crippen LogP contribution in [0.5, 0.6) is 0 Å². The van der Waals surface area contributed by atoms with Crippen LogP contribution in [0.2, 0.25) is 0 Å². The predicted molar refractivity (Wildman–Crippen MR) is 79.2 cm³/mol. The Hall–Kier alpha value is -1.68. The predicted octanol–water partition coefficient (Wildman–Crippen LogP) is 3.13. The molecule has 0 saturated heterocycles. The smallest absolute Gasteiger partial charge is 0.126 e. The Kier molecular flexibility index (Phi) is 4.90. The fraction of sp³-hybridized carbons (Fsp3) is 0.438. The van der Waals surface area contributed by atoms with Gasteiger partial charge in [0.25, 0.3) is 0 Å². The highest BCUT2D eigenvalue weighted by Crippen LogP contribution is 2.09. The molecule has 20 heavy (non-hydrogen) atoms. The number of nitrogens with one attached hydrogen (secondary N) is 1. The summed E-state index contributed by atoms with van der Waals surface area (Å²) < 4.78 is 15.2. The van der Waals surface area contributed by atoms with Crippen LogP contribution >= 0.6 is 0 Å². The van der Waals surface area contributed by atoms with Gasteiger partial charge in [-0.15, -0.1) is 0 Å². The average Bonchev–Trinajstić information content (AvgIpc) is 2.72. The minimum absolute atomic E-state index is 0.140. The lowest BCUT2D eigenvalue weighted by atomic mass is 10.1. The highest BCUT2D eigenvalue weighted by atomic mass is 19.1. The van der Waals surface area contributed by atoms with E-state index in [9.17, 15) is 4.39 Å². The van der Waals surface area contributed by atoms with Crippen molar-refractivity contribution in [1.82, 2.24) is 15.1 Å². The first kappa shape index (κ1) is 14.7. The molecule has 0 aliphatic heterocycles. The molecule has 1 heterocycles.